The molecule has 0 N–H and O–H groups in total. The molecule has 27 heavy (non-hydrogen) atoms. The van der Waals surface area contributed by atoms with Crippen LogP contribution in [0.5, 0.6) is 5.75 Å². The third-order valence-corrected chi connectivity index (χ3v) is 4.85. The molecule has 0 bridgehead atoms. The number of hydrogen-bond donors (Lipinski definition) is 0. The summed E-state index contributed by atoms with van der Waals surface area (Å²) in [5.74, 6) is 0.433. The van der Waals surface area contributed by atoms with Gasteiger partial charge >= 0.3 is 0 Å². The van der Waals surface area contributed by atoms with E-state index in [0.717, 1.165) is 0 Å². The van der Waals surface area contributed by atoms with E-state index in [-0.39, 0.29) is 36.4 Å². The van der Waals surface area contributed by atoms with E-state index in [1.165, 1.54) is 6.92 Å². The normalized spacial score (nSPS) is 22.3. The standard InChI is InChI=1S/C20H26N2O5/c1-13-10-21(11-14(2)27-13)19(24)5-4-8-22-17-9-16(15(3)23)6-7-18(17)26-12-20(22)25/h6-7,9,13-14H,4-5,8,10-12H2,1-3H3. The minimum absolute atomic E-state index is 0.0289. The second-order valence-corrected chi connectivity index (χ2v) is 7.23. The Bertz CT molecular complexity index is 738. The molecule has 0 aromatic heterocycles. The van der Waals surface area contributed by atoms with Gasteiger partial charge in [0.15, 0.2) is 12.4 Å². The number of Topliss-reactive ketones (excluding diaryl/α,β-unsaturated/α-hetero) is 1. The fourth-order valence-corrected chi connectivity index (χ4v) is 3.59. The average molecular weight is 374 g/mol. The van der Waals surface area contributed by atoms with Gasteiger partial charge in [-0.05, 0) is 45.4 Å². The van der Waals surface area contributed by atoms with Gasteiger partial charge in [-0.25, -0.2) is 0 Å². The second-order valence-electron chi connectivity index (χ2n) is 7.23. The molecule has 0 radical (unpaired) electrons. The maximum atomic E-state index is 12.5. The van der Waals surface area contributed by atoms with E-state index in [9.17, 15) is 14.4 Å². The Balaban J connectivity index is 1.62. The van der Waals surface area contributed by atoms with E-state index in [0.29, 0.717) is 49.5 Å². The topological polar surface area (TPSA) is 76.2 Å². The Hall–Kier alpha value is -2.41. The van der Waals surface area contributed by atoms with Gasteiger partial charge in [-0.2, -0.15) is 0 Å². The molecular formula is C20H26N2O5. The van der Waals surface area contributed by atoms with Crippen molar-refractivity contribution in [2.45, 2.75) is 45.8 Å². The number of ketones is 1. The molecule has 1 aromatic carbocycles. The zero-order valence-corrected chi connectivity index (χ0v) is 16.1. The Morgan fingerprint density at radius 1 is 1.19 bits per heavy atom. The first-order valence-corrected chi connectivity index (χ1v) is 9.36. The lowest BCUT2D eigenvalue weighted by molar-refractivity contribution is -0.143. The second kappa shape index (κ2) is 8.08. The molecule has 0 aliphatic carbocycles. The summed E-state index contributed by atoms with van der Waals surface area (Å²) in [6.45, 7) is 7.00. The average Bonchev–Trinajstić information content (AvgIpc) is 2.62. The molecule has 2 heterocycles. The minimum atomic E-state index is -0.163. The Morgan fingerprint density at radius 3 is 2.56 bits per heavy atom. The van der Waals surface area contributed by atoms with Crippen LogP contribution in [0, 0.1) is 0 Å². The van der Waals surface area contributed by atoms with Crippen molar-refractivity contribution < 1.29 is 23.9 Å². The first-order valence-electron chi connectivity index (χ1n) is 9.36. The van der Waals surface area contributed by atoms with Gasteiger partial charge < -0.3 is 19.3 Å². The predicted octanol–water partition coefficient (Wildman–Crippen LogP) is 2.03. The van der Waals surface area contributed by atoms with Crippen molar-refractivity contribution >= 4 is 23.3 Å². The number of rotatable bonds is 5. The number of benzene rings is 1. The molecule has 1 fully saturated rings. The van der Waals surface area contributed by atoms with Gasteiger partial charge in [0.1, 0.15) is 5.75 Å². The zero-order chi connectivity index (χ0) is 19.6. The highest BCUT2D eigenvalue weighted by Crippen LogP contribution is 2.33. The molecule has 7 heteroatoms. The monoisotopic (exact) mass is 374 g/mol. The van der Waals surface area contributed by atoms with Crippen LogP contribution in [-0.4, -0.2) is 60.9 Å². The van der Waals surface area contributed by atoms with Gasteiger partial charge in [-0.1, -0.05) is 0 Å². The van der Waals surface area contributed by atoms with Gasteiger partial charge in [0.05, 0.1) is 17.9 Å². The summed E-state index contributed by atoms with van der Waals surface area (Å²) in [5.41, 5.74) is 1.13. The van der Waals surface area contributed by atoms with E-state index in [4.69, 9.17) is 9.47 Å². The van der Waals surface area contributed by atoms with E-state index in [2.05, 4.69) is 0 Å². The minimum Gasteiger partial charge on any atom is -0.482 e. The maximum Gasteiger partial charge on any atom is 0.265 e. The molecule has 3 rings (SSSR count). The largest absolute Gasteiger partial charge is 0.482 e. The van der Waals surface area contributed by atoms with Gasteiger partial charge in [-0.3, -0.25) is 14.4 Å². The highest BCUT2D eigenvalue weighted by Gasteiger charge is 2.28. The van der Waals surface area contributed by atoms with Crippen molar-refractivity contribution in [1.82, 2.24) is 4.90 Å². The van der Waals surface area contributed by atoms with Crippen molar-refractivity contribution in [3.8, 4) is 5.75 Å². The number of morpholine rings is 1. The van der Waals surface area contributed by atoms with Gasteiger partial charge in [-0.15, -0.1) is 0 Å². The molecule has 2 aliphatic rings. The lowest BCUT2D eigenvalue weighted by Gasteiger charge is -2.35. The number of fused-ring (bicyclic) bond motifs is 1. The molecule has 2 atom stereocenters. The van der Waals surface area contributed by atoms with Gasteiger partial charge in [0.2, 0.25) is 5.91 Å². The van der Waals surface area contributed by atoms with Crippen molar-refractivity contribution in [3.05, 3.63) is 23.8 Å². The molecule has 7 nitrogen and oxygen atoms in total. The highest BCUT2D eigenvalue weighted by molar-refractivity contribution is 6.01. The Morgan fingerprint density at radius 2 is 1.89 bits per heavy atom. The molecule has 0 spiro atoms. The maximum absolute atomic E-state index is 12.5. The van der Waals surface area contributed by atoms with E-state index < -0.39 is 0 Å². The van der Waals surface area contributed by atoms with Gasteiger partial charge in [0, 0.05) is 31.6 Å². The van der Waals surface area contributed by atoms with Crippen LogP contribution in [0.25, 0.3) is 0 Å². The summed E-state index contributed by atoms with van der Waals surface area (Å²) in [7, 11) is 0. The van der Waals surface area contributed by atoms with Crippen LogP contribution in [0.2, 0.25) is 0 Å². The summed E-state index contributed by atoms with van der Waals surface area (Å²) in [6, 6.07) is 5.09. The molecule has 2 unspecified atom stereocenters. The quantitative estimate of drug-likeness (QED) is 0.737. The third kappa shape index (κ3) is 4.47. The summed E-state index contributed by atoms with van der Waals surface area (Å²) < 4.78 is 11.1. The SMILES string of the molecule is CC(=O)c1ccc2c(c1)N(CCCC(=O)N1CC(C)OC(C)C1)C(=O)CO2. The number of anilines is 1. The number of carbonyl (C=O) groups is 3. The number of hydrogen-bond acceptors (Lipinski definition) is 5. The number of carbonyl (C=O) groups excluding carboxylic acids is 3. The molecule has 2 amide bonds. The molecule has 1 aromatic rings. The van der Waals surface area contributed by atoms with E-state index >= 15 is 0 Å². The van der Waals surface area contributed by atoms with Gasteiger partial charge in [0.25, 0.3) is 5.91 Å². The summed E-state index contributed by atoms with van der Waals surface area (Å²) in [5, 5.41) is 0. The first kappa shape index (κ1) is 19.4. The van der Waals surface area contributed by atoms with Crippen LogP contribution < -0.4 is 9.64 Å². The molecule has 2 aliphatic heterocycles. The van der Waals surface area contributed by atoms with Crippen LogP contribution in [0.4, 0.5) is 5.69 Å². The van der Waals surface area contributed by atoms with Crippen LogP contribution >= 0.6 is 0 Å². The summed E-state index contributed by atoms with van der Waals surface area (Å²) >= 11 is 0. The Labute approximate surface area is 159 Å². The van der Waals surface area contributed by atoms with Crippen molar-refractivity contribution in [2.24, 2.45) is 0 Å². The van der Waals surface area contributed by atoms with Crippen molar-refractivity contribution in [3.63, 3.8) is 0 Å². The lowest BCUT2D eigenvalue weighted by Crippen LogP contribution is -2.48. The van der Waals surface area contributed by atoms with Crippen LogP contribution in [0.15, 0.2) is 18.2 Å². The fraction of sp³-hybridized carbons (Fsp3) is 0.550. The number of ether oxygens (including phenoxy) is 2. The fourth-order valence-electron chi connectivity index (χ4n) is 3.59. The van der Waals surface area contributed by atoms with Crippen molar-refractivity contribution in [1.29, 1.82) is 0 Å². The molecule has 146 valence electrons. The summed E-state index contributed by atoms with van der Waals surface area (Å²) in [4.78, 5) is 39.9. The molecule has 1 saturated heterocycles. The van der Waals surface area contributed by atoms with E-state index in [1.807, 2.05) is 18.7 Å². The third-order valence-electron chi connectivity index (χ3n) is 4.85. The number of nitrogens with zero attached hydrogens (tertiary/aromatic N) is 2. The van der Waals surface area contributed by atoms with Crippen LogP contribution in [0.1, 0.15) is 44.0 Å². The number of amides is 2. The summed E-state index contributed by atoms with van der Waals surface area (Å²) in [6.07, 6.45) is 0.992. The van der Waals surface area contributed by atoms with E-state index in [1.54, 1.807) is 23.1 Å². The van der Waals surface area contributed by atoms with Crippen LogP contribution in [0.3, 0.4) is 0 Å². The lowest BCUT2D eigenvalue weighted by atomic mass is 10.1. The van der Waals surface area contributed by atoms with Crippen molar-refractivity contribution in [2.75, 3.05) is 31.1 Å². The molecule has 0 saturated carbocycles. The molecular weight excluding hydrogens is 348 g/mol. The smallest absolute Gasteiger partial charge is 0.265 e. The zero-order valence-electron chi connectivity index (χ0n) is 16.1. The highest BCUT2D eigenvalue weighted by atomic mass is 16.5. The predicted molar refractivity (Wildman–Crippen MR) is 100 cm³/mol. The van der Waals surface area contributed by atoms with Crippen LogP contribution in [-0.2, 0) is 14.3 Å². The first-order chi connectivity index (χ1) is 12.8. The Kier molecular flexibility index (Phi) is 5.79.